The number of nitrogens with one attached hydrogen (secondary N) is 1. The van der Waals surface area contributed by atoms with E-state index in [9.17, 15) is 4.79 Å². The highest BCUT2D eigenvalue weighted by Crippen LogP contribution is 2.28. The van der Waals surface area contributed by atoms with Gasteiger partial charge in [0, 0.05) is 21.8 Å². The number of ether oxygens (including phenoxy) is 1. The normalized spacial score (nSPS) is 10.8. The van der Waals surface area contributed by atoms with Crippen LogP contribution in [0.1, 0.15) is 23.7 Å². The van der Waals surface area contributed by atoms with Crippen molar-refractivity contribution >= 4 is 34.3 Å². The van der Waals surface area contributed by atoms with Crippen LogP contribution in [-0.4, -0.2) is 17.5 Å². The molecule has 4 aromatic rings. The molecule has 0 aliphatic heterocycles. The zero-order valence-electron chi connectivity index (χ0n) is 15.8. The number of fused-ring (bicyclic) bond motifs is 1. The molecule has 1 N–H and O–H groups in total. The standard InChI is InChI=1S/C23H19ClN2O3/c1-2-12-28-19-9-6-15(7-10-19)22(27)25-18-8-11-21-20(14-18)26-23(29-21)16-4-3-5-17(24)13-16/h3-11,13-14H,2,12H2,1H3,(H,25,27). The largest absolute Gasteiger partial charge is 0.494 e. The van der Waals surface area contributed by atoms with Crippen molar-refractivity contribution in [2.45, 2.75) is 13.3 Å². The lowest BCUT2D eigenvalue weighted by Crippen LogP contribution is -2.11. The predicted octanol–water partition coefficient (Wildman–Crippen LogP) is 6.19. The van der Waals surface area contributed by atoms with E-state index in [1.165, 1.54) is 0 Å². The molecule has 0 radical (unpaired) electrons. The van der Waals surface area contributed by atoms with Gasteiger partial charge in [0.25, 0.3) is 5.91 Å². The SMILES string of the molecule is CCCOc1ccc(C(=O)Nc2ccc3oc(-c4cccc(Cl)c4)nc3c2)cc1. The summed E-state index contributed by atoms with van der Waals surface area (Å²) in [5.74, 6) is 1.03. The molecule has 5 nitrogen and oxygen atoms in total. The fraction of sp³-hybridized carbons (Fsp3) is 0.130. The number of amides is 1. The van der Waals surface area contributed by atoms with Gasteiger partial charge in [0.1, 0.15) is 11.3 Å². The molecule has 4 rings (SSSR count). The van der Waals surface area contributed by atoms with E-state index < -0.39 is 0 Å². The van der Waals surface area contributed by atoms with Gasteiger partial charge in [0.15, 0.2) is 5.58 Å². The molecule has 0 bridgehead atoms. The summed E-state index contributed by atoms with van der Waals surface area (Å²) in [5, 5.41) is 3.50. The molecular formula is C23H19ClN2O3. The van der Waals surface area contributed by atoms with Gasteiger partial charge in [-0.2, -0.15) is 0 Å². The highest BCUT2D eigenvalue weighted by molar-refractivity contribution is 6.30. The third-order valence-electron chi connectivity index (χ3n) is 4.31. The van der Waals surface area contributed by atoms with Crippen LogP contribution < -0.4 is 10.1 Å². The number of carbonyl (C=O) groups excluding carboxylic acids is 1. The summed E-state index contributed by atoms with van der Waals surface area (Å²) in [4.78, 5) is 17.0. The number of anilines is 1. The van der Waals surface area contributed by atoms with Crippen molar-refractivity contribution in [3.63, 3.8) is 0 Å². The molecule has 0 atom stereocenters. The van der Waals surface area contributed by atoms with Crippen LogP contribution in [-0.2, 0) is 0 Å². The van der Waals surface area contributed by atoms with E-state index in [0.717, 1.165) is 17.7 Å². The van der Waals surface area contributed by atoms with Gasteiger partial charge < -0.3 is 14.5 Å². The van der Waals surface area contributed by atoms with Crippen LogP contribution in [0.5, 0.6) is 5.75 Å². The van der Waals surface area contributed by atoms with E-state index in [0.29, 0.717) is 39.9 Å². The maximum absolute atomic E-state index is 12.5. The smallest absolute Gasteiger partial charge is 0.255 e. The molecule has 0 unspecified atom stereocenters. The van der Waals surface area contributed by atoms with Crippen LogP contribution in [0, 0.1) is 0 Å². The van der Waals surface area contributed by atoms with Crippen molar-refractivity contribution in [1.82, 2.24) is 4.98 Å². The van der Waals surface area contributed by atoms with Gasteiger partial charge in [0.2, 0.25) is 5.89 Å². The van der Waals surface area contributed by atoms with E-state index >= 15 is 0 Å². The number of hydrogen-bond donors (Lipinski definition) is 1. The van der Waals surface area contributed by atoms with Crippen LogP contribution in [0.4, 0.5) is 5.69 Å². The van der Waals surface area contributed by atoms with Crippen LogP contribution in [0.3, 0.4) is 0 Å². The molecule has 3 aromatic carbocycles. The molecule has 1 aromatic heterocycles. The van der Waals surface area contributed by atoms with Crippen molar-refractivity contribution < 1.29 is 13.9 Å². The Kier molecular flexibility index (Phi) is 5.49. The second kappa shape index (κ2) is 8.37. The quantitative estimate of drug-likeness (QED) is 0.414. The fourth-order valence-electron chi connectivity index (χ4n) is 2.88. The van der Waals surface area contributed by atoms with Gasteiger partial charge in [-0.05, 0) is 67.1 Å². The minimum absolute atomic E-state index is 0.204. The second-order valence-corrected chi connectivity index (χ2v) is 6.98. The first-order chi connectivity index (χ1) is 14.1. The van der Waals surface area contributed by atoms with Crippen molar-refractivity contribution in [3.8, 4) is 17.2 Å². The zero-order valence-corrected chi connectivity index (χ0v) is 16.6. The second-order valence-electron chi connectivity index (χ2n) is 6.54. The van der Waals surface area contributed by atoms with Gasteiger partial charge in [-0.15, -0.1) is 0 Å². The molecule has 1 amide bonds. The van der Waals surface area contributed by atoms with Crippen molar-refractivity contribution in [3.05, 3.63) is 77.3 Å². The molecule has 29 heavy (non-hydrogen) atoms. The van der Waals surface area contributed by atoms with E-state index in [-0.39, 0.29) is 5.91 Å². The Morgan fingerprint density at radius 2 is 1.93 bits per heavy atom. The van der Waals surface area contributed by atoms with E-state index in [2.05, 4.69) is 10.3 Å². The molecule has 0 saturated heterocycles. The number of hydrogen-bond acceptors (Lipinski definition) is 4. The molecule has 0 spiro atoms. The van der Waals surface area contributed by atoms with Crippen molar-refractivity contribution in [1.29, 1.82) is 0 Å². The Morgan fingerprint density at radius 3 is 2.69 bits per heavy atom. The number of halogens is 1. The van der Waals surface area contributed by atoms with Gasteiger partial charge in [-0.3, -0.25) is 4.79 Å². The lowest BCUT2D eigenvalue weighted by Gasteiger charge is -2.07. The molecule has 0 saturated carbocycles. The summed E-state index contributed by atoms with van der Waals surface area (Å²) in [6, 6.07) is 19.7. The minimum Gasteiger partial charge on any atom is -0.494 e. The summed E-state index contributed by atoms with van der Waals surface area (Å²) in [6.45, 7) is 2.70. The summed E-state index contributed by atoms with van der Waals surface area (Å²) in [7, 11) is 0. The first-order valence-corrected chi connectivity index (χ1v) is 9.71. The molecule has 0 aliphatic carbocycles. The molecule has 6 heteroatoms. The average molecular weight is 407 g/mol. The number of nitrogens with zero attached hydrogens (tertiary/aromatic N) is 1. The number of aromatic nitrogens is 1. The highest BCUT2D eigenvalue weighted by atomic mass is 35.5. The Balaban J connectivity index is 1.51. The van der Waals surface area contributed by atoms with Crippen molar-refractivity contribution in [2.24, 2.45) is 0 Å². The van der Waals surface area contributed by atoms with Crippen LogP contribution >= 0.6 is 11.6 Å². The lowest BCUT2D eigenvalue weighted by atomic mass is 10.2. The minimum atomic E-state index is -0.204. The molecule has 0 aliphatic rings. The van der Waals surface area contributed by atoms with E-state index in [1.54, 1.807) is 54.6 Å². The zero-order chi connectivity index (χ0) is 20.2. The summed E-state index contributed by atoms with van der Waals surface area (Å²) in [6.07, 6.45) is 0.936. The summed E-state index contributed by atoms with van der Waals surface area (Å²) < 4.78 is 11.3. The lowest BCUT2D eigenvalue weighted by molar-refractivity contribution is 0.102. The third-order valence-corrected chi connectivity index (χ3v) is 4.54. The summed E-state index contributed by atoms with van der Waals surface area (Å²) in [5.41, 5.74) is 3.27. The Labute approximate surface area is 173 Å². The Bertz CT molecular complexity index is 1150. The average Bonchev–Trinajstić information content (AvgIpc) is 3.16. The number of benzene rings is 3. The highest BCUT2D eigenvalue weighted by Gasteiger charge is 2.11. The first-order valence-electron chi connectivity index (χ1n) is 9.33. The van der Waals surface area contributed by atoms with E-state index in [4.69, 9.17) is 20.8 Å². The first kappa shape index (κ1) is 19.0. The van der Waals surface area contributed by atoms with Gasteiger partial charge in [-0.1, -0.05) is 24.6 Å². The van der Waals surface area contributed by atoms with Gasteiger partial charge >= 0.3 is 0 Å². The predicted molar refractivity (Wildman–Crippen MR) is 115 cm³/mol. The monoisotopic (exact) mass is 406 g/mol. The Morgan fingerprint density at radius 1 is 1.10 bits per heavy atom. The third kappa shape index (κ3) is 4.41. The number of rotatable bonds is 6. The Hall–Kier alpha value is -3.31. The molecule has 146 valence electrons. The number of carbonyl (C=O) groups is 1. The fourth-order valence-corrected chi connectivity index (χ4v) is 3.07. The van der Waals surface area contributed by atoms with Gasteiger partial charge in [-0.25, -0.2) is 4.98 Å². The maximum atomic E-state index is 12.5. The van der Waals surface area contributed by atoms with E-state index in [1.807, 2.05) is 19.1 Å². The summed E-state index contributed by atoms with van der Waals surface area (Å²) >= 11 is 6.04. The van der Waals surface area contributed by atoms with Gasteiger partial charge in [0.05, 0.1) is 6.61 Å². The van der Waals surface area contributed by atoms with Crippen LogP contribution in [0.2, 0.25) is 5.02 Å². The maximum Gasteiger partial charge on any atom is 0.255 e. The van der Waals surface area contributed by atoms with Crippen molar-refractivity contribution in [2.75, 3.05) is 11.9 Å². The van der Waals surface area contributed by atoms with Crippen LogP contribution in [0.25, 0.3) is 22.6 Å². The molecule has 0 fully saturated rings. The topological polar surface area (TPSA) is 64.4 Å². The molecule has 1 heterocycles. The number of oxazole rings is 1. The molecular weight excluding hydrogens is 388 g/mol. The van der Waals surface area contributed by atoms with Crippen LogP contribution in [0.15, 0.2) is 71.1 Å².